The molecule has 2 rings (SSSR count). The van der Waals surface area contributed by atoms with E-state index in [9.17, 15) is 8.78 Å². The normalized spacial score (nSPS) is 23.0. The van der Waals surface area contributed by atoms with Crippen LogP contribution in [0.3, 0.4) is 0 Å². The summed E-state index contributed by atoms with van der Waals surface area (Å²) in [6.07, 6.45) is 1.11. The molecule has 1 aromatic rings. The van der Waals surface area contributed by atoms with Gasteiger partial charge in [0, 0.05) is 0 Å². The largest absolute Gasteiger partial charge is 0.316 e. The van der Waals surface area contributed by atoms with Crippen molar-refractivity contribution < 1.29 is 8.78 Å². The summed E-state index contributed by atoms with van der Waals surface area (Å²) < 4.78 is 25.8. The molecule has 0 aromatic heterocycles. The minimum absolute atomic E-state index is 0.287. The van der Waals surface area contributed by atoms with E-state index in [1.54, 1.807) is 6.07 Å². The van der Waals surface area contributed by atoms with E-state index in [0.29, 0.717) is 5.92 Å². The van der Waals surface area contributed by atoms with Gasteiger partial charge in [-0.3, -0.25) is 0 Å². The molecule has 2 unspecified atom stereocenters. The predicted octanol–water partition coefficient (Wildman–Crippen LogP) is 2.68. The Bertz CT molecular complexity index is 345. The Morgan fingerprint density at radius 2 is 2.13 bits per heavy atom. The van der Waals surface area contributed by atoms with E-state index in [4.69, 9.17) is 0 Å². The van der Waals surface area contributed by atoms with Gasteiger partial charge in [0.2, 0.25) is 0 Å². The van der Waals surface area contributed by atoms with Gasteiger partial charge in [-0.05, 0) is 49.0 Å². The van der Waals surface area contributed by atoms with Crippen molar-refractivity contribution in [1.29, 1.82) is 0 Å². The summed E-state index contributed by atoms with van der Waals surface area (Å²) in [6.45, 7) is 4.07. The lowest BCUT2D eigenvalue weighted by atomic mass is 9.87. The lowest BCUT2D eigenvalue weighted by Gasteiger charge is -2.18. The molecular formula is C12H15F2N. The van der Waals surface area contributed by atoms with Crippen molar-refractivity contribution in [2.45, 2.75) is 19.3 Å². The van der Waals surface area contributed by atoms with E-state index in [1.165, 1.54) is 12.1 Å². The average molecular weight is 211 g/mol. The monoisotopic (exact) mass is 211 g/mol. The number of benzene rings is 1. The molecule has 82 valence electrons. The second-order valence-electron chi connectivity index (χ2n) is 4.22. The maximum Gasteiger partial charge on any atom is 0.159 e. The number of hydrogen-bond donors (Lipinski definition) is 1. The molecule has 0 amide bonds. The summed E-state index contributed by atoms with van der Waals surface area (Å²) in [6, 6.07) is 4.21. The zero-order valence-corrected chi connectivity index (χ0v) is 8.76. The Kier molecular flexibility index (Phi) is 3.00. The van der Waals surface area contributed by atoms with Gasteiger partial charge in [-0.2, -0.15) is 0 Å². The van der Waals surface area contributed by atoms with Crippen molar-refractivity contribution in [3.63, 3.8) is 0 Å². The summed E-state index contributed by atoms with van der Waals surface area (Å²) in [5.41, 5.74) is 0.891. The van der Waals surface area contributed by atoms with E-state index in [1.807, 2.05) is 0 Å². The second-order valence-corrected chi connectivity index (χ2v) is 4.22. The Hall–Kier alpha value is -0.960. The molecule has 1 aromatic carbocycles. The number of halogens is 2. The Labute approximate surface area is 88.5 Å². The van der Waals surface area contributed by atoms with Crippen molar-refractivity contribution in [2.24, 2.45) is 5.92 Å². The lowest BCUT2D eigenvalue weighted by Crippen LogP contribution is -2.14. The van der Waals surface area contributed by atoms with Gasteiger partial charge >= 0.3 is 0 Å². The highest BCUT2D eigenvalue weighted by Crippen LogP contribution is 2.29. The van der Waals surface area contributed by atoms with Gasteiger partial charge in [-0.1, -0.05) is 13.0 Å². The van der Waals surface area contributed by atoms with Gasteiger partial charge in [-0.25, -0.2) is 8.78 Å². The standard InChI is InChI=1S/C12H15F2N/c1-8(10-4-5-15-7-10)9-2-3-11(13)12(14)6-9/h2-3,6,8,10,15H,4-5,7H2,1H3. The molecule has 1 heterocycles. The van der Waals surface area contributed by atoms with E-state index >= 15 is 0 Å². The van der Waals surface area contributed by atoms with E-state index < -0.39 is 11.6 Å². The third-order valence-electron chi connectivity index (χ3n) is 3.27. The van der Waals surface area contributed by atoms with Gasteiger partial charge in [0.25, 0.3) is 0 Å². The van der Waals surface area contributed by atoms with Crippen molar-refractivity contribution in [1.82, 2.24) is 5.32 Å². The first-order valence-electron chi connectivity index (χ1n) is 5.34. The Morgan fingerprint density at radius 3 is 2.73 bits per heavy atom. The minimum Gasteiger partial charge on any atom is -0.316 e. The molecule has 2 atom stereocenters. The average Bonchev–Trinajstić information content (AvgIpc) is 2.74. The summed E-state index contributed by atoms with van der Waals surface area (Å²) in [5, 5.41) is 3.28. The summed E-state index contributed by atoms with van der Waals surface area (Å²) in [7, 11) is 0. The fourth-order valence-corrected chi connectivity index (χ4v) is 2.17. The summed E-state index contributed by atoms with van der Waals surface area (Å²) >= 11 is 0. The molecule has 15 heavy (non-hydrogen) atoms. The van der Waals surface area contributed by atoms with Crippen LogP contribution in [0.2, 0.25) is 0 Å². The van der Waals surface area contributed by atoms with Crippen LogP contribution in [-0.2, 0) is 0 Å². The number of hydrogen-bond acceptors (Lipinski definition) is 1. The van der Waals surface area contributed by atoms with Gasteiger partial charge in [0.1, 0.15) is 0 Å². The van der Waals surface area contributed by atoms with Gasteiger partial charge in [-0.15, -0.1) is 0 Å². The SMILES string of the molecule is CC(c1ccc(F)c(F)c1)C1CCNC1. The van der Waals surface area contributed by atoms with Crippen LogP contribution in [0.15, 0.2) is 18.2 Å². The molecule has 0 aliphatic carbocycles. The fourth-order valence-electron chi connectivity index (χ4n) is 2.17. The molecule has 3 heteroatoms. The molecule has 1 saturated heterocycles. The van der Waals surface area contributed by atoms with Crippen LogP contribution in [0.25, 0.3) is 0 Å². The van der Waals surface area contributed by atoms with Crippen LogP contribution < -0.4 is 5.32 Å². The fraction of sp³-hybridized carbons (Fsp3) is 0.500. The summed E-state index contributed by atoms with van der Waals surface area (Å²) in [4.78, 5) is 0. The van der Waals surface area contributed by atoms with Crippen molar-refractivity contribution >= 4 is 0 Å². The summed E-state index contributed by atoms with van der Waals surface area (Å²) in [5.74, 6) is -0.689. The maximum atomic E-state index is 13.0. The third kappa shape index (κ3) is 2.17. The van der Waals surface area contributed by atoms with Gasteiger partial charge in [0.05, 0.1) is 0 Å². The van der Waals surface area contributed by atoms with Crippen molar-refractivity contribution in [3.8, 4) is 0 Å². The van der Waals surface area contributed by atoms with E-state index in [2.05, 4.69) is 12.2 Å². The van der Waals surface area contributed by atoms with Crippen LogP contribution in [-0.4, -0.2) is 13.1 Å². The highest BCUT2D eigenvalue weighted by atomic mass is 19.2. The smallest absolute Gasteiger partial charge is 0.159 e. The zero-order valence-electron chi connectivity index (χ0n) is 8.76. The van der Waals surface area contributed by atoms with Crippen LogP contribution in [0.5, 0.6) is 0 Å². The van der Waals surface area contributed by atoms with Gasteiger partial charge < -0.3 is 5.32 Å². The van der Waals surface area contributed by atoms with E-state index in [0.717, 1.165) is 25.1 Å². The van der Waals surface area contributed by atoms with Crippen LogP contribution in [0, 0.1) is 17.6 Å². The predicted molar refractivity (Wildman–Crippen MR) is 55.7 cm³/mol. The molecule has 1 N–H and O–H groups in total. The number of nitrogens with one attached hydrogen (secondary N) is 1. The van der Waals surface area contributed by atoms with Crippen molar-refractivity contribution in [2.75, 3.05) is 13.1 Å². The molecule has 0 bridgehead atoms. The maximum absolute atomic E-state index is 13.0. The topological polar surface area (TPSA) is 12.0 Å². The third-order valence-corrected chi connectivity index (χ3v) is 3.27. The van der Waals surface area contributed by atoms with Crippen LogP contribution in [0.1, 0.15) is 24.8 Å². The van der Waals surface area contributed by atoms with Crippen LogP contribution >= 0.6 is 0 Å². The molecule has 1 fully saturated rings. The molecule has 1 aliphatic rings. The molecule has 1 nitrogen and oxygen atoms in total. The van der Waals surface area contributed by atoms with Crippen LogP contribution in [0.4, 0.5) is 8.78 Å². The lowest BCUT2D eigenvalue weighted by molar-refractivity contribution is 0.474. The highest BCUT2D eigenvalue weighted by Gasteiger charge is 2.22. The second kappa shape index (κ2) is 4.27. The Balaban J connectivity index is 2.17. The first-order chi connectivity index (χ1) is 7.18. The molecule has 1 aliphatic heterocycles. The minimum atomic E-state index is -0.768. The van der Waals surface area contributed by atoms with Gasteiger partial charge in [0.15, 0.2) is 11.6 Å². The molecular weight excluding hydrogens is 196 g/mol. The Morgan fingerprint density at radius 1 is 1.33 bits per heavy atom. The zero-order chi connectivity index (χ0) is 10.8. The van der Waals surface area contributed by atoms with E-state index in [-0.39, 0.29) is 5.92 Å². The first kappa shape index (κ1) is 10.6. The molecule has 0 radical (unpaired) electrons. The quantitative estimate of drug-likeness (QED) is 0.793. The molecule has 0 spiro atoms. The molecule has 0 saturated carbocycles. The number of rotatable bonds is 2. The highest BCUT2D eigenvalue weighted by molar-refractivity contribution is 5.22. The van der Waals surface area contributed by atoms with Crippen molar-refractivity contribution in [3.05, 3.63) is 35.4 Å². The first-order valence-corrected chi connectivity index (χ1v) is 5.34.